The van der Waals surface area contributed by atoms with E-state index in [0.29, 0.717) is 21.4 Å². The molecule has 0 radical (unpaired) electrons. The maximum atomic E-state index is 14.7. The summed E-state index contributed by atoms with van der Waals surface area (Å²) >= 11 is 18.8. The summed E-state index contributed by atoms with van der Waals surface area (Å²) in [6.07, 6.45) is 3.89. The van der Waals surface area contributed by atoms with Crippen LogP contribution in [0, 0.1) is 0 Å². The fraction of sp³-hybridized carbons (Fsp3) is 0.297. The molecule has 50 heavy (non-hydrogen) atoms. The van der Waals surface area contributed by atoms with E-state index in [1.807, 2.05) is 30.3 Å². The number of nitrogens with zero attached hydrogens (tertiary/aromatic N) is 2. The lowest BCUT2D eigenvalue weighted by Crippen LogP contribution is -2.54. The summed E-state index contributed by atoms with van der Waals surface area (Å²) < 4.78 is 40.5. The summed E-state index contributed by atoms with van der Waals surface area (Å²) in [6, 6.07) is 23.7. The van der Waals surface area contributed by atoms with Gasteiger partial charge in [-0.05, 0) is 72.5 Å². The lowest BCUT2D eigenvalue weighted by Gasteiger charge is -2.34. The lowest BCUT2D eigenvalue weighted by atomic mass is 10.0. The molecule has 1 atom stereocenters. The van der Waals surface area contributed by atoms with Crippen molar-refractivity contribution in [2.24, 2.45) is 0 Å². The van der Waals surface area contributed by atoms with E-state index < -0.39 is 28.5 Å². The molecule has 0 aromatic heterocycles. The topological polar surface area (TPSA) is 105 Å². The summed E-state index contributed by atoms with van der Waals surface area (Å²) in [5.74, 6) is -0.401. The third kappa shape index (κ3) is 9.03. The molecule has 0 saturated heterocycles. The molecule has 4 aromatic carbocycles. The number of carbonyl (C=O) groups is 2. The van der Waals surface area contributed by atoms with Crippen LogP contribution in [0.1, 0.15) is 36.8 Å². The number of carbonyl (C=O) groups excluding carboxylic acids is 2. The van der Waals surface area contributed by atoms with Crippen molar-refractivity contribution in [3.8, 4) is 11.5 Å². The molecule has 2 amide bonds. The van der Waals surface area contributed by atoms with Crippen molar-refractivity contribution in [3.05, 3.63) is 117 Å². The Morgan fingerprint density at radius 3 is 2.14 bits per heavy atom. The highest BCUT2D eigenvalue weighted by Gasteiger charge is 2.36. The van der Waals surface area contributed by atoms with Gasteiger partial charge >= 0.3 is 0 Å². The van der Waals surface area contributed by atoms with Gasteiger partial charge in [0.2, 0.25) is 11.8 Å². The maximum Gasteiger partial charge on any atom is 0.264 e. The number of benzene rings is 4. The molecular formula is C37H38Cl3N3O6S. The van der Waals surface area contributed by atoms with E-state index in [0.717, 1.165) is 35.6 Å². The Morgan fingerprint density at radius 2 is 1.50 bits per heavy atom. The zero-order valence-electron chi connectivity index (χ0n) is 27.7. The number of methoxy groups -OCH3 is 2. The lowest BCUT2D eigenvalue weighted by molar-refractivity contribution is -0.140. The van der Waals surface area contributed by atoms with Gasteiger partial charge < -0.3 is 19.7 Å². The van der Waals surface area contributed by atoms with Gasteiger partial charge in [0, 0.05) is 30.1 Å². The van der Waals surface area contributed by atoms with E-state index in [2.05, 4.69) is 5.32 Å². The van der Waals surface area contributed by atoms with Gasteiger partial charge in [-0.1, -0.05) is 84.0 Å². The first-order valence-electron chi connectivity index (χ1n) is 16.1. The van der Waals surface area contributed by atoms with Crippen molar-refractivity contribution < 1.29 is 27.5 Å². The molecular weight excluding hydrogens is 721 g/mol. The molecule has 4 aromatic rings. The number of anilines is 1. The molecule has 0 heterocycles. The van der Waals surface area contributed by atoms with Gasteiger partial charge in [-0.2, -0.15) is 0 Å². The maximum absolute atomic E-state index is 14.7. The molecule has 1 saturated carbocycles. The molecule has 13 heteroatoms. The number of halogens is 3. The Kier molecular flexibility index (Phi) is 12.6. The van der Waals surface area contributed by atoms with Gasteiger partial charge in [0.25, 0.3) is 10.0 Å². The monoisotopic (exact) mass is 757 g/mol. The minimum Gasteiger partial charge on any atom is -0.493 e. The second-order valence-corrected chi connectivity index (χ2v) is 15.1. The van der Waals surface area contributed by atoms with Gasteiger partial charge in [0.15, 0.2) is 11.5 Å². The highest BCUT2D eigenvalue weighted by Crippen LogP contribution is 2.33. The molecule has 5 rings (SSSR count). The Bertz CT molecular complexity index is 1910. The van der Waals surface area contributed by atoms with Crippen molar-refractivity contribution in [1.82, 2.24) is 10.2 Å². The van der Waals surface area contributed by atoms with Crippen molar-refractivity contribution in [2.75, 3.05) is 25.1 Å². The van der Waals surface area contributed by atoms with Crippen molar-refractivity contribution >= 4 is 62.3 Å². The fourth-order valence-corrected chi connectivity index (χ4v) is 7.87. The van der Waals surface area contributed by atoms with Crippen LogP contribution in [0.15, 0.2) is 95.9 Å². The Hall–Kier alpha value is -3.96. The smallest absolute Gasteiger partial charge is 0.264 e. The van der Waals surface area contributed by atoms with Crippen LogP contribution < -0.4 is 19.1 Å². The van der Waals surface area contributed by atoms with Crippen molar-refractivity contribution in [3.63, 3.8) is 0 Å². The zero-order chi connectivity index (χ0) is 35.8. The van der Waals surface area contributed by atoms with Crippen LogP contribution in [-0.4, -0.2) is 58.0 Å². The summed E-state index contributed by atoms with van der Waals surface area (Å²) in [4.78, 5) is 30.2. The predicted molar refractivity (Wildman–Crippen MR) is 197 cm³/mol. The second-order valence-electron chi connectivity index (χ2n) is 12.0. The molecule has 9 nitrogen and oxygen atoms in total. The van der Waals surface area contributed by atoms with Gasteiger partial charge in [-0.25, -0.2) is 8.42 Å². The number of hydrogen-bond acceptors (Lipinski definition) is 6. The second kappa shape index (κ2) is 16.8. The summed E-state index contributed by atoms with van der Waals surface area (Å²) in [6.45, 7) is -0.683. The van der Waals surface area contributed by atoms with Crippen LogP contribution in [0.5, 0.6) is 11.5 Å². The first-order chi connectivity index (χ1) is 24.0. The van der Waals surface area contributed by atoms with Gasteiger partial charge in [-0.15, -0.1) is 0 Å². The van der Waals surface area contributed by atoms with Crippen molar-refractivity contribution in [2.45, 2.75) is 55.6 Å². The number of rotatable bonds is 14. The molecule has 0 unspecified atom stereocenters. The Morgan fingerprint density at radius 1 is 0.820 bits per heavy atom. The third-order valence-corrected chi connectivity index (χ3v) is 11.4. The van der Waals surface area contributed by atoms with Gasteiger partial charge in [0.1, 0.15) is 12.6 Å². The number of ether oxygens (including phenoxy) is 2. The molecule has 1 N–H and O–H groups in total. The zero-order valence-corrected chi connectivity index (χ0v) is 30.7. The molecule has 1 fully saturated rings. The molecule has 0 aliphatic heterocycles. The van der Waals surface area contributed by atoms with E-state index in [1.165, 1.54) is 49.5 Å². The van der Waals surface area contributed by atoms with Gasteiger partial charge in [0.05, 0.1) is 34.8 Å². The highest BCUT2D eigenvalue weighted by molar-refractivity contribution is 7.92. The average Bonchev–Trinajstić information content (AvgIpc) is 3.63. The van der Waals surface area contributed by atoms with Gasteiger partial charge in [-0.3, -0.25) is 13.9 Å². The molecule has 0 spiro atoms. The Balaban J connectivity index is 1.59. The molecule has 0 bridgehead atoms. The summed E-state index contributed by atoms with van der Waals surface area (Å²) in [5.41, 5.74) is 1.64. The van der Waals surface area contributed by atoms with Crippen LogP contribution in [0.2, 0.25) is 15.1 Å². The SMILES string of the molecule is COc1ccc(S(=O)(=O)N(CC(=O)N(Cc2ccc(Cl)c(Cl)c2)[C@@H](Cc2ccccc2)C(=O)NC2CCCC2)c2ccc(Cl)cc2)cc1OC. The van der Waals surface area contributed by atoms with E-state index >= 15 is 0 Å². The van der Waals surface area contributed by atoms with Crippen LogP contribution in [0.25, 0.3) is 0 Å². The standard InChI is InChI=1S/C37H38Cl3N3O6S/c1-48-34-19-17-30(22-35(34)49-2)50(46,47)43(29-15-13-27(38)14-16-29)24-36(44)42(23-26-12-18-31(39)32(40)20-26)33(21-25-8-4-3-5-9-25)37(45)41-28-10-6-7-11-28/h3-5,8-9,12-20,22,28,33H,6-7,10-11,21,23-24H2,1-2H3,(H,41,45)/t33-/m0/s1. The van der Waals surface area contributed by atoms with Crippen LogP contribution in [0.4, 0.5) is 5.69 Å². The Labute approximate surface area is 308 Å². The van der Waals surface area contributed by atoms with E-state index in [4.69, 9.17) is 44.3 Å². The predicted octanol–water partition coefficient (Wildman–Crippen LogP) is 7.56. The average molecular weight is 759 g/mol. The van der Waals surface area contributed by atoms with Crippen molar-refractivity contribution in [1.29, 1.82) is 0 Å². The minimum absolute atomic E-state index is 0.0151. The largest absolute Gasteiger partial charge is 0.493 e. The molecule has 1 aliphatic carbocycles. The number of sulfonamides is 1. The highest BCUT2D eigenvalue weighted by atomic mass is 35.5. The molecule has 1 aliphatic rings. The number of hydrogen-bond donors (Lipinski definition) is 1. The van der Waals surface area contributed by atoms with E-state index in [-0.39, 0.29) is 46.3 Å². The summed E-state index contributed by atoms with van der Waals surface area (Å²) in [5, 5.41) is 4.16. The van der Waals surface area contributed by atoms with Crippen LogP contribution in [-0.2, 0) is 32.6 Å². The summed E-state index contributed by atoms with van der Waals surface area (Å²) in [7, 11) is -1.55. The normalized spacial score (nSPS) is 13.8. The van der Waals surface area contributed by atoms with Crippen LogP contribution in [0.3, 0.4) is 0 Å². The van der Waals surface area contributed by atoms with E-state index in [9.17, 15) is 18.0 Å². The minimum atomic E-state index is -4.39. The quantitative estimate of drug-likeness (QED) is 0.142. The fourth-order valence-electron chi connectivity index (χ4n) is 6.00. The van der Waals surface area contributed by atoms with E-state index in [1.54, 1.807) is 30.3 Å². The first kappa shape index (κ1) is 37.3. The molecule has 264 valence electrons. The number of amides is 2. The number of nitrogens with one attached hydrogen (secondary N) is 1. The first-order valence-corrected chi connectivity index (χ1v) is 18.7. The van der Waals surface area contributed by atoms with Crippen LogP contribution >= 0.6 is 34.8 Å². The third-order valence-electron chi connectivity index (χ3n) is 8.65.